The normalized spacial score (nSPS) is 23.9. The number of nitrogens with zero attached hydrogens (tertiary/aromatic N) is 1. The van der Waals surface area contributed by atoms with Crippen LogP contribution in [0, 0.1) is 0 Å². The van der Waals surface area contributed by atoms with Crippen molar-refractivity contribution in [2.45, 2.75) is 32.4 Å². The second-order valence-corrected chi connectivity index (χ2v) is 3.83. The Morgan fingerprint density at radius 2 is 2.27 bits per heavy atom. The lowest BCUT2D eigenvalue weighted by molar-refractivity contribution is -0.147. The summed E-state index contributed by atoms with van der Waals surface area (Å²) in [5.74, 6) is -0.107. The zero-order chi connectivity index (χ0) is 11.4. The number of amides is 2. The minimum absolute atomic E-state index is 0.0225. The van der Waals surface area contributed by atoms with Crippen LogP contribution in [0.4, 0.5) is 0 Å². The highest BCUT2D eigenvalue weighted by molar-refractivity contribution is 5.94. The summed E-state index contributed by atoms with van der Waals surface area (Å²) in [6.45, 7) is 4.39. The highest BCUT2D eigenvalue weighted by atomic mass is 16.5. The molecule has 0 bridgehead atoms. The predicted octanol–water partition coefficient (Wildman–Crippen LogP) is -0.242. The first-order valence-electron chi connectivity index (χ1n) is 5.15. The van der Waals surface area contributed by atoms with Crippen molar-refractivity contribution < 1.29 is 14.3 Å². The first kappa shape index (κ1) is 12.0. The van der Waals surface area contributed by atoms with Gasteiger partial charge in [-0.2, -0.15) is 0 Å². The van der Waals surface area contributed by atoms with E-state index in [-0.39, 0.29) is 30.4 Å². The Balaban J connectivity index is 2.63. The van der Waals surface area contributed by atoms with Crippen LogP contribution in [0.1, 0.15) is 20.3 Å². The second-order valence-electron chi connectivity index (χ2n) is 3.83. The lowest BCUT2D eigenvalue weighted by atomic mass is 10.1. The van der Waals surface area contributed by atoms with Crippen LogP contribution >= 0.6 is 0 Å². The maximum atomic E-state index is 11.6. The molecule has 1 heterocycles. The molecule has 15 heavy (non-hydrogen) atoms. The fraction of sp³-hybridized carbons (Fsp3) is 0.800. The molecule has 1 rings (SSSR count). The molecule has 1 fully saturated rings. The van der Waals surface area contributed by atoms with Crippen LogP contribution in [0.2, 0.25) is 0 Å². The molecule has 0 aromatic carbocycles. The molecule has 0 radical (unpaired) electrons. The van der Waals surface area contributed by atoms with Crippen LogP contribution in [0.5, 0.6) is 0 Å². The van der Waals surface area contributed by atoms with Crippen molar-refractivity contribution in [2.75, 3.05) is 20.3 Å². The third kappa shape index (κ3) is 2.68. The average molecular weight is 214 g/mol. The van der Waals surface area contributed by atoms with Gasteiger partial charge in [-0.1, -0.05) is 0 Å². The third-order valence-electron chi connectivity index (χ3n) is 2.71. The van der Waals surface area contributed by atoms with Gasteiger partial charge in [-0.15, -0.1) is 0 Å². The van der Waals surface area contributed by atoms with Crippen LogP contribution in [0.3, 0.4) is 0 Å². The Morgan fingerprint density at radius 1 is 1.60 bits per heavy atom. The molecule has 2 atom stereocenters. The second kappa shape index (κ2) is 5.11. The molecule has 5 nitrogen and oxygen atoms in total. The van der Waals surface area contributed by atoms with Crippen LogP contribution in [0.15, 0.2) is 0 Å². The van der Waals surface area contributed by atoms with Crippen molar-refractivity contribution in [3.63, 3.8) is 0 Å². The van der Waals surface area contributed by atoms with Crippen LogP contribution < -0.4 is 5.32 Å². The summed E-state index contributed by atoms with van der Waals surface area (Å²) >= 11 is 0. The Morgan fingerprint density at radius 3 is 2.87 bits per heavy atom. The van der Waals surface area contributed by atoms with Crippen molar-refractivity contribution in [1.82, 2.24) is 10.2 Å². The van der Waals surface area contributed by atoms with Gasteiger partial charge in [0.1, 0.15) is 6.04 Å². The fourth-order valence-electron chi connectivity index (χ4n) is 1.80. The zero-order valence-corrected chi connectivity index (χ0v) is 9.45. The lowest BCUT2D eigenvalue weighted by Gasteiger charge is -2.37. The molecule has 1 aliphatic rings. The molecular formula is C10H18N2O3. The van der Waals surface area contributed by atoms with Gasteiger partial charge in [0.2, 0.25) is 11.8 Å². The van der Waals surface area contributed by atoms with Gasteiger partial charge in [0.05, 0.1) is 6.54 Å². The third-order valence-corrected chi connectivity index (χ3v) is 2.71. The Bertz CT molecular complexity index is 255. The molecule has 2 amide bonds. The highest BCUT2D eigenvalue weighted by Gasteiger charge is 2.33. The van der Waals surface area contributed by atoms with Gasteiger partial charge in [0, 0.05) is 19.8 Å². The van der Waals surface area contributed by atoms with E-state index in [0.29, 0.717) is 6.61 Å². The number of nitrogens with one attached hydrogen (secondary N) is 1. The number of piperazine rings is 1. The molecule has 1 N–H and O–H groups in total. The van der Waals surface area contributed by atoms with E-state index in [9.17, 15) is 9.59 Å². The number of carbonyl (C=O) groups excluding carboxylic acids is 2. The maximum Gasteiger partial charge on any atom is 0.242 e. The first-order valence-corrected chi connectivity index (χ1v) is 5.15. The Labute approximate surface area is 89.8 Å². The molecule has 1 aliphatic heterocycles. The lowest BCUT2D eigenvalue weighted by Crippen LogP contribution is -2.59. The maximum absolute atomic E-state index is 11.6. The van der Waals surface area contributed by atoms with Gasteiger partial charge < -0.3 is 15.0 Å². The largest absolute Gasteiger partial charge is 0.385 e. The Hall–Kier alpha value is -1.10. The summed E-state index contributed by atoms with van der Waals surface area (Å²) in [6.07, 6.45) is 0.750. The molecule has 5 heteroatoms. The van der Waals surface area contributed by atoms with E-state index in [0.717, 1.165) is 6.42 Å². The molecule has 0 saturated carbocycles. The topological polar surface area (TPSA) is 58.6 Å². The van der Waals surface area contributed by atoms with E-state index in [1.54, 1.807) is 18.9 Å². The van der Waals surface area contributed by atoms with E-state index in [2.05, 4.69) is 5.32 Å². The Kier molecular flexibility index (Phi) is 4.08. The van der Waals surface area contributed by atoms with Gasteiger partial charge >= 0.3 is 0 Å². The van der Waals surface area contributed by atoms with Crippen LogP contribution in [0.25, 0.3) is 0 Å². The molecule has 0 spiro atoms. The number of hydrogen-bond acceptors (Lipinski definition) is 3. The van der Waals surface area contributed by atoms with Crippen molar-refractivity contribution in [3.05, 3.63) is 0 Å². The minimum Gasteiger partial charge on any atom is -0.385 e. The SMILES string of the molecule is COCCC(C)N1C(=O)CNC(=O)C1C. The van der Waals surface area contributed by atoms with Crippen LogP contribution in [-0.2, 0) is 14.3 Å². The first-order chi connectivity index (χ1) is 7.07. The average Bonchev–Trinajstić information content (AvgIpc) is 2.21. The van der Waals surface area contributed by atoms with E-state index in [1.165, 1.54) is 0 Å². The quantitative estimate of drug-likeness (QED) is 0.702. The van der Waals surface area contributed by atoms with E-state index in [1.807, 2.05) is 6.92 Å². The molecular weight excluding hydrogens is 196 g/mol. The van der Waals surface area contributed by atoms with Crippen molar-refractivity contribution in [3.8, 4) is 0 Å². The highest BCUT2D eigenvalue weighted by Crippen LogP contribution is 2.12. The summed E-state index contributed by atoms with van der Waals surface area (Å²) in [5, 5.41) is 2.56. The molecule has 86 valence electrons. The van der Waals surface area contributed by atoms with E-state index >= 15 is 0 Å². The van der Waals surface area contributed by atoms with Gasteiger partial charge in [-0.05, 0) is 20.3 Å². The monoisotopic (exact) mass is 214 g/mol. The standard InChI is InChI=1S/C10H18N2O3/c1-7(4-5-15-3)12-8(2)10(14)11-6-9(12)13/h7-8H,4-6H2,1-3H3,(H,11,14). The smallest absolute Gasteiger partial charge is 0.242 e. The number of carbonyl (C=O) groups is 2. The van der Waals surface area contributed by atoms with Crippen molar-refractivity contribution in [1.29, 1.82) is 0 Å². The molecule has 0 aromatic rings. The summed E-state index contributed by atoms with van der Waals surface area (Å²) in [6, 6.07) is -0.336. The molecule has 0 aromatic heterocycles. The summed E-state index contributed by atoms with van der Waals surface area (Å²) < 4.78 is 4.96. The van der Waals surface area contributed by atoms with Crippen molar-refractivity contribution in [2.24, 2.45) is 0 Å². The van der Waals surface area contributed by atoms with E-state index < -0.39 is 0 Å². The summed E-state index contributed by atoms with van der Waals surface area (Å²) in [5.41, 5.74) is 0. The van der Waals surface area contributed by atoms with Crippen LogP contribution in [-0.4, -0.2) is 49.1 Å². The van der Waals surface area contributed by atoms with E-state index in [4.69, 9.17) is 4.74 Å². The summed E-state index contributed by atoms with van der Waals surface area (Å²) in [7, 11) is 1.63. The fourth-order valence-corrected chi connectivity index (χ4v) is 1.80. The number of rotatable bonds is 4. The zero-order valence-electron chi connectivity index (χ0n) is 9.45. The summed E-state index contributed by atoms with van der Waals surface area (Å²) in [4.78, 5) is 24.7. The molecule has 1 saturated heterocycles. The minimum atomic E-state index is -0.377. The van der Waals surface area contributed by atoms with Crippen molar-refractivity contribution >= 4 is 11.8 Å². The molecule has 0 aliphatic carbocycles. The predicted molar refractivity (Wildman–Crippen MR) is 55.3 cm³/mol. The van der Waals surface area contributed by atoms with Gasteiger partial charge in [-0.25, -0.2) is 0 Å². The van der Waals surface area contributed by atoms with Gasteiger partial charge in [-0.3, -0.25) is 9.59 Å². The number of ether oxygens (including phenoxy) is 1. The van der Waals surface area contributed by atoms with Gasteiger partial charge in [0.15, 0.2) is 0 Å². The number of methoxy groups -OCH3 is 1. The molecule has 2 unspecified atom stereocenters. The number of hydrogen-bond donors (Lipinski definition) is 1. The van der Waals surface area contributed by atoms with Gasteiger partial charge in [0.25, 0.3) is 0 Å².